The molecule has 94 valence electrons. The first kappa shape index (κ1) is 14.0. The lowest BCUT2D eigenvalue weighted by Gasteiger charge is -2.13. The summed E-state index contributed by atoms with van der Waals surface area (Å²) in [5, 5.41) is 0.725. The summed E-state index contributed by atoms with van der Waals surface area (Å²) in [4.78, 5) is 4.12. The lowest BCUT2D eigenvalue weighted by atomic mass is 10.0. The Hall–Kier alpha value is -0.420. The van der Waals surface area contributed by atoms with E-state index in [1.807, 2.05) is 24.3 Å². The second-order valence-electron chi connectivity index (χ2n) is 3.98. The number of nitrogens with two attached hydrogens (primary N) is 1. The van der Waals surface area contributed by atoms with Gasteiger partial charge in [0.2, 0.25) is 0 Å². The van der Waals surface area contributed by atoms with Crippen LogP contribution in [0.2, 0.25) is 5.02 Å². The predicted octanol–water partition coefficient (Wildman–Crippen LogP) is 4.50. The van der Waals surface area contributed by atoms with Crippen LogP contribution in [-0.4, -0.2) is 4.98 Å². The summed E-state index contributed by atoms with van der Waals surface area (Å²) in [6.45, 7) is 0. The van der Waals surface area contributed by atoms with Gasteiger partial charge in [0.25, 0.3) is 0 Å². The van der Waals surface area contributed by atoms with E-state index in [9.17, 15) is 0 Å². The third kappa shape index (κ3) is 3.54. The summed E-state index contributed by atoms with van der Waals surface area (Å²) in [7, 11) is 0. The van der Waals surface area contributed by atoms with Gasteiger partial charge in [-0.1, -0.05) is 33.6 Å². The molecule has 0 saturated heterocycles. The molecule has 0 aliphatic rings. The molecule has 5 heteroatoms. The molecule has 2 rings (SSSR count). The predicted molar refractivity (Wildman–Crippen MR) is 81.7 cm³/mol. The quantitative estimate of drug-likeness (QED) is 0.838. The van der Waals surface area contributed by atoms with Crippen molar-refractivity contribution in [2.24, 2.45) is 5.73 Å². The van der Waals surface area contributed by atoms with Crippen LogP contribution >= 0.6 is 43.5 Å². The number of hydrogen-bond donors (Lipinski definition) is 1. The van der Waals surface area contributed by atoms with Crippen molar-refractivity contribution in [2.45, 2.75) is 12.5 Å². The molecule has 1 aromatic carbocycles. The fourth-order valence-corrected chi connectivity index (χ4v) is 2.81. The number of pyridine rings is 1. The normalized spacial score (nSPS) is 12.4. The largest absolute Gasteiger partial charge is 0.324 e. The van der Waals surface area contributed by atoms with Crippen molar-refractivity contribution < 1.29 is 0 Å². The number of nitrogens with zero attached hydrogens (tertiary/aromatic N) is 1. The molecule has 0 saturated carbocycles. The Morgan fingerprint density at radius 3 is 2.61 bits per heavy atom. The highest BCUT2D eigenvalue weighted by atomic mass is 79.9. The fourth-order valence-electron chi connectivity index (χ4n) is 1.67. The minimum Gasteiger partial charge on any atom is -0.324 e. The van der Waals surface area contributed by atoms with E-state index in [1.54, 1.807) is 12.4 Å². The molecule has 1 heterocycles. The van der Waals surface area contributed by atoms with E-state index >= 15 is 0 Å². The zero-order chi connectivity index (χ0) is 13.1. The average molecular weight is 391 g/mol. The summed E-state index contributed by atoms with van der Waals surface area (Å²) in [5.74, 6) is 0. The number of benzene rings is 1. The van der Waals surface area contributed by atoms with Crippen LogP contribution in [0.1, 0.15) is 17.2 Å². The molecule has 2 N–H and O–H groups in total. The van der Waals surface area contributed by atoms with Crippen molar-refractivity contribution in [3.05, 3.63) is 61.8 Å². The zero-order valence-electron chi connectivity index (χ0n) is 9.41. The average Bonchev–Trinajstić information content (AvgIpc) is 2.32. The van der Waals surface area contributed by atoms with Gasteiger partial charge < -0.3 is 5.73 Å². The molecule has 1 unspecified atom stereocenters. The van der Waals surface area contributed by atoms with Gasteiger partial charge in [0.15, 0.2) is 0 Å². The number of hydrogen-bond acceptors (Lipinski definition) is 2. The zero-order valence-corrected chi connectivity index (χ0v) is 13.3. The van der Waals surface area contributed by atoms with Crippen LogP contribution in [0.3, 0.4) is 0 Å². The number of rotatable bonds is 3. The van der Waals surface area contributed by atoms with E-state index in [2.05, 4.69) is 36.8 Å². The van der Waals surface area contributed by atoms with Crippen LogP contribution in [0.15, 0.2) is 45.6 Å². The van der Waals surface area contributed by atoms with Gasteiger partial charge in [-0.3, -0.25) is 4.98 Å². The Bertz CT molecular complexity index is 560. The molecule has 0 amide bonds. The molecule has 0 spiro atoms. The maximum atomic E-state index is 6.18. The van der Waals surface area contributed by atoms with Crippen molar-refractivity contribution in [1.82, 2.24) is 4.98 Å². The summed E-state index contributed by atoms with van der Waals surface area (Å²) in [5.41, 5.74) is 8.20. The first-order valence-corrected chi connectivity index (χ1v) is 7.32. The SMILES string of the molecule is NC(Cc1ccc(Br)cc1Cl)c1cncc(Br)c1. The van der Waals surface area contributed by atoms with Gasteiger partial charge in [-0.25, -0.2) is 0 Å². The van der Waals surface area contributed by atoms with Crippen molar-refractivity contribution in [3.8, 4) is 0 Å². The van der Waals surface area contributed by atoms with Gasteiger partial charge in [0.05, 0.1) is 0 Å². The van der Waals surface area contributed by atoms with E-state index in [1.165, 1.54) is 0 Å². The maximum Gasteiger partial charge on any atom is 0.0449 e. The third-order valence-electron chi connectivity index (χ3n) is 2.61. The Morgan fingerprint density at radius 1 is 1.17 bits per heavy atom. The molecule has 0 aliphatic heterocycles. The van der Waals surface area contributed by atoms with Crippen LogP contribution < -0.4 is 5.73 Å². The van der Waals surface area contributed by atoms with Gasteiger partial charge in [-0.2, -0.15) is 0 Å². The molecule has 2 aromatic rings. The van der Waals surface area contributed by atoms with Gasteiger partial charge >= 0.3 is 0 Å². The van der Waals surface area contributed by atoms with Crippen molar-refractivity contribution >= 4 is 43.5 Å². The lowest BCUT2D eigenvalue weighted by molar-refractivity contribution is 0.717. The monoisotopic (exact) mass is 388 g/mol. The van der Waals surface area contributed by atoms with Crippen molar-refractivity contribution in [3.63, 3.8) is 0 Å². The van der Waals surface area contributed by atoms with Crippen LogP contribution in [0, 0.1) is 0 Å². The van der Waals surface area contributed by atoms with Crippen LogP contribution in [-0.2, 0) is 6.42 Å². The second-order valence-corrected chi connectivity index (χ2v) is 6.22. The number of halogens is 3. The standard InChI is InChI=1S/C13H11Br2ClN2/c14-10-2-1-8(12(16)5-10)4-13(17)9-3-11(15)7-18-6-9/h1-3,5-7,13H,4,17H2. The number of aromatic nitrogens is 1. The molecular weight excluding hydrogens is 379 g/mol. The lowest BCUT2D eigenvalue weighted by Crippen LogP contribution is -2.13. The molecule has 1 atom stereocenters. The Balaban J connectivity index is 2.18. The van der Waals surface area contributed by atoms with E-state index in [-0.39, 0.29) is 6.04 Å². The maximum absolute atomic E-state index is 6.18. The van der Waals surface area contributed by atoms with E-state index in [4.69, 9.17) is 17.3 Å². The smallest absolute Gasteiger partial charge is 0.0449 e. The van der Waals surface area contributed by atoms with E-state index in [0.717, 1.165) is 25.1 Å². The topological polar surface area (TPSA) is 38.9 Å². The van der Waals surface area contributed by atoms with Crippen LogP contribution in [0.5, 0.6) is 0 Å². The van der Waals surface area contributed by atoms with Crippen molar-refractivity contribution in [2.75, 3.05) is 0 Å². The highest BCUT2D eigenvalue weighted by molar-refractivity contribution is 9.10. The fraction of sp³-hybridized carbons (Fsp3) is 0.154. The second kappa shape index (κ2) is 6.15. The van der Waals surface area contributed by atoms with Crippen LogP contribution in [0.4, 0.5) is 0 Å². The Morgan fingerprint density at radius 2 is 1.94 bits per heavy atom. The molecule has 0 bridgehead atoms. The Labute approximate surface area is 128 Å². The molecule has 0 aliphatic carbocycles. The van der Waals surface area contributed by atoms with Crippen LogP contribution in [0.25, 0.3) is 0 Å². The highest BCUT2D eigenvalue weighted by Crippen LogP contribution is 2.25. The first-order chi connectivity index (χ1) is 8.56. The molecule has 0 radical (unpaired) electrons. The molecule has 2 nitrogen and oxygen atoms in total. The van der Waals surface area contributed by atoms with E-state index in [0.29, 0.717) is 6.42 Å². The third-order valence-corrected chi connectivity index (χ3v) is 3.89. The Kier molecular flexibility index (Phi) is 4.78. The summed E-state index contributed by atoms with van der Waals surface area (Å²) in [6.07, 6.45) is 4.20. The summed E-state index contributed by atoms with van der Waals surface area (Å²) >= 11 is 13.0. The van der Waals surface area contributed by atoms with Gasteiger partial charge in [0, 0.05) is 32.4 Å². The van der Waals surface area contributed by atoms with Crippen molar-refractivity contribution in [1.29, 1.82) is 0 Å². The molecule has 1 aromatic heterocycles. The molecular formula is C13H11Br2ClN2. The minimum atomic E-state index is -0.117. The first-order valence-electron chi connectivity index (χ1n) is 5.36. The van der Waals surface area contributed by atoms with Gasteiger partial charge in [-0.05, 0) is 51.7 Å². The minimum absolute atomic E-state index is 0.117. The van der Waals surface area contributed by atoms with E-state index < -0.39 is 0 Å². The molecule has 18 heavy (non-hydrogen) atoms. The highest BCUT2D eigenvalue weighted by Gasteiger charge is 2.10. The van der Waals surface area contributed by atoms with Gasteiger partial charge in [0.1, 0.15) is 0 Å². The summed E-state index contributed by atoms with van der Waals surface area (Å²) in [6, 6.07) is 7.69. The van der Waals surface area contributed by atoms with Gasteiger partial charge in [-0.15, -0.1) is 0 Å². The molecule has 0 fully saturated rings. The summed E-state index contributed by atoms with van der Waals surface area (Å²) < 4.78 is 1.89.